The lowest BCUT2D eigenvalue weighted by Crippen LogP contribution is -2.12. The lowest BCUT2D eigenvalue weighted by atomic mass is 10.1. The van der Waals surface area contributed by atoms with Crippen LogP contribution >= 0.6 is 23.2 Å². The van der Waals surface area contributed by atoms with Crippen molar-refractivity contribution in [1.82, 2.24) is 20.2 Å². The minimum absolute atomic E-state index is 0.00887. The van der Waals surface area contributed by atoms with Gasteiger partial charge in [-0.05, 0) is 35.9 Å². The molecule has 0 spiro atoms. The van der Waals surface area contributed by atoms with Crippen molar-refractivity contribution in [1.29, 1.82) is 0 Å². The Morgan fingerprint density at radius 3 is 2.76 bits per heavy atom. The van der Waals surface area contributed by atoms with E-state index in [1.54, 1.807) is 23.1 Å². The molecule has 2 rings (SSSR count). The van der Waals surface area contributed by atoms with E-state index in [4.69, 9.17) is 28.9 Å². The van der Waals surface area contributed by atoms with Gasteiger partial charge in [0.2, 0.25) is 0 Å². The Hall–Kier alpha value is -1.18. The summed E-state index contributed by atoms with van der Waals surface area (Å²) in [5, 5.41) is 12.4. The van der Waals surface area contributed by atoms with Crippen LogP contribution < -0.4 is 5.73 Å². The molecule has 0 fully saturated rings. The van der Waals surface area contributed by atoms with Crippen LogP contribution in [0.4, 0.5) is 5.69 Å². The van der Waals surface area contributed by atoms with E-state index in [1.807, 2.05) is 6.92 Å². The molecular weight excluding hydrogens is 333 g/mol. The zero-order valence-electron chi connectivity index (χ0n) is 11.6. The summed E-state index contributed by atoms with van der Waals surface area (Å²) in [4.78, 5) is 0. The summed E-state index contributed by atoms with van der Waals surface area (Å²) in [6.07, 6.45) is 2.38. The average molecular weight is 348 g/mol. The molecule has 0 saturated heterocycles. The summed E-state index contributed by atoms with van der Waals surface area (Å²) in [5.41, 5.74) is 6.88. The number of nitrogen functional groups attached to an aromatic ring is 1. The quantitative estimate of drug-likeness (QED) is 0.839. The SMILES string of the molecule is CC(CCS(C)=O)n1nnnc1-c1cc(N)c(Cl)c(Cl)c1. The first-order valence-electron chi connectivity index (χ1n) is 6.23. The number of tetrazole rings is 1. The van der Waals surface area contributed by atoms with Gasteiger partial charge in [0.05, 0.1) is 21.8 Å². The summed E-state index contributed by atoms with van der Waals surface area (Å²) < 4.78 is 12.9. The normalized spacial score (nSPS) is 14.1. The molecule has 0 radical (unpaired) electrons. The van der Waals surface area contributed by atoms with Gasteiger partial charge in [-0.2, -0.15) is 0 Å². The van der Waals surface area contributed by atoms with Gasteiger partial charge in [0, 0.05) is 28.4 Å². The summed E-state index contributed by atoms with van der Waals surface area (Å²) in [7, 11) is -0.850. The molecule has 21 heavy (non-hydrogen) atoms. The number of nitrogens with zero attached hydrogens (tertiary/aromatic N) is 4. The first-order valence-corrected chi connectivity index (χ1v) is 8.71. The standard InChI is InChI=1S/C12H15Cl2N5OS/c1-7(3-4-21(2)20)19-12(16-17-18-19)8-5-9(13)11(14)10(15)6-8/h5-7H,3-4,15H2,1-2H3. The predicted molar refractivity (Wildman–Crippen MR) is 85.9 cm³/mol. The van der Waals surface area contributed by atoms with E-state index in [-0.39, 0.29) is 6.04 Å². The van der Waals surface area contributed by atoms with Crippen LogP contribution in [0, 0.1) is 0 Å². The van der Waals surface area contributed by atoms with Gasteiger partial charge in [-0.1, -0.05) is 23.2 Å². The lowest BCUT2D eigenvalue weighted by molar-refractivity contribution is 0.470. The Morgan fingerprint density at radius 2 is 2.14 bits per heavy atom. The summed E-state index contributed by atoms with van der Waals surface area (Å²) >= 11 is 12.0. The van der Waals surface area contributed by atoms with Crippen molar-refractivity contribution < 1.29 is 4.21 Å². The van der Waals surface area contributed by atoms with E-state index in [2.05, 4.69) is 15.5 Å². The van der Waals surface area contributed by atoms with Crippen LogP contribution in [0.15, 0.2) is 12.1 Å². The van der Waals surface area contributed by atoms with Gasteiger partial charge >= 0.3 is 0 Å². The molecule has 0 amide bonds. The van der Waals surface area contributed by atoms with Gasteiger partial charge in [0.25, 0.3) is 0 Å². The number of rotatable bonds is 5. The van der Waals surface area contributed by atoms with Gasteiger partial charge in [-0.3, -0.25) is 4.21 Å². The van der Waals surface area contributed by atoms with E-state index < -0.39 is 10.8 Å². The molecular formula is C12H15Cl2N5OS. The number of hydrogen-bond donors (Lipinski definition) is 1. The second-order valence-corrected chi connectivity index (χ2v) is 7.06. The highest BCUT2D eigenvalue weighted by molar-refractivity contribution is 7.84. The molecule has 1 heterocycles. The fourth-order valence-electron chi connectivity index (χ4n) is 1.88. The minimum Gasteiger partial charge on any atom is -0.397 e. The number of nitrogens with two attached hydrogens (primary N) is 1. The molecule has 0 aliphatic heterocycles. The van der Waals surface area contributed by atoms with Crippen molar-refractivity contribution in [2.75, 3.05) is 17.7 Å². The number of anilines is 1. The van der Waals surface area contributed by atoms with Crippen molar-refractivity contribution in [3.63, 3.8) is 0 Å². The third-order valence-electron chi connectivity index (χ3n) is 3.05. The van der Waals surface area contributed by atoms with E-state index in [1.165, 1.54) is 0 Å². The first kappa shape index (κ1) is 16.2. The van der Waals surface area contributed by atoms with E-state index >= 15 is 0 Å². The van der Waals surface area contributed by atoms with Gasteiger partial charge < -0.3 is 5.73 Å². The Morgan fingerprint density at radius 1 is 1.43 bits per heavy atom. The fraction of sp³-hybridized carbons (Fsp3) is 0.417. The first-order chi connectivity index (χ1) is 9.90. The predicted octanol–water partition coefficient (Wildman–Crippen LogP) is 2.56. The molecule has 0 saturated carbocycles. The highest BCUT2D eigenvalue weighted by Crippen LogP contribution is 2.33. The van der Waals surface area contributed by atoms with Crippen LogP contribution in [0.1, 0.15) is 19.4 Å². The van der Waals surface area contributed by atoms with Crippen LogP contribution in [-0.4, -0.2) is 36.4 Å². The van der Waals surface area contributed by atoms with Gasteiger partial charge in [0.15, 0.2) is 5.82 Å². The lowest BCUT2D eigenvalue weighted by Gasteiger charge is -2.13. The van der Waals surface area contributed by atoms with Gasteiger partial charge in [-0.15, -0.1) is 5.10 Å². The molecule has 0 aliphatic carbocycles. The zero-order valence-corrected chi connectivity index (χ0v) is 13.9. The summed E-state index contributed by atoms with van der Waals surface area (Å²) in [6, 6.07) is 3.36. The number of aromatic nitrogens is 4. The van der Waals surface area contributed by atoms with Crippen molar-refractivity contribution in [3.8, 4) is 11.4 Å². The number of halogens is 2. The van der Waals surface area contributed by atoms with Crippen LogP contribution in [0.2, 0.25) is 10.0 Å². The van der Waals surface area contributed by atoms with E-state index in [0.717, 1.165) is 0 Å². The van der Waals surface area contributed by atoms with Crippen molar-refractivity contribution in [2.45, 2.75) is 19.4 Å². The molecule has 114 valence electrons. The van der Waals surface area contributed by atoms with Crippen LogP contribution in [0.3, 0.4) is 0 Å². The maximum atomic E-state index is 11.2. The third kappa shape index (κ3) is 3.72. The van der Waals surface area contributed by atoms with Gasteiger partial charge in [0.1, 0.15) is 0 Å². The molecule has 1 aromatic heterocycles. The molecule has 0 aliphatic rings. The smallest absolute Gasteiger partial charge is 0.182 e. The Kier molecular flexibility index (Phi) is 5.18. The third-order valence-corrected chi connectivity index (χ3v) is 4.68. The monoisotopic (exact) mass is 347 g/mol. The van der Waals surface area contributed by atoms with Crippen molar-refractivity contribution in [3.05, 3.63) is 22.2 Å². The summed E-state index contributed by atoms with van der Waals surface area (Å²) in [5.74, 6) is 1.14. The maximum absolute atomic E-state index is 11.2. The second-order valence-electron chi connectivity index (χ2n) is 4.72. The topological polar surface area (TPSA) is 86.7 Å². The Labute approximate surface area is 135 Å². The fourth-order valence-corrected chi connectivity index (χ4v) is 2.89. The molecule has 0 bridgehead atoms. The highest BCUT2D eigenvalue weighted by Gasteiger charge is 2.17. The Bertz CT molecular complexity index is 652. The number of hydrogen-bond acceptors (Lipinski definition) is 5. The maximum Gasteiger partial charge on any atom is 0.182 e. The largest absolute Gasteiger partial charge is 0.397 e. The Balaban J connectivity index is 2.34. The molecule has 2 N–H and O–H groups in total. The molecule has 6 nitrogen and oxygen atoms in total. The average Bonchev–Trinajstić information content (AvgIpc) is 2.91. The molecule has 2 atom stereocenters. The molecule has 9 heteroatoms. The highest BCUT2D eigenvalue weighted by atomic mass is 35.5. The van der Waals surface area contributed by atoms with Gasteiger partial charge in [-0.25, -0.2) is 4.68 Å². The summed E-state index contributed by atoms with van der Waals surface area (Å²) in [6.45, 7) is 1.97. The molecule has 1 aromatic carbocycles. The van der Waals surface area contributed by atoms with Crippen molar-refractivity contribution in [2.24, 2.45) is 0 Å². The van der Waals surface area contributed by atoms with Crippen molar-refractivity contribution >= 4 is 39.7 Å². The van der Waals surface area contributed by atoms with Crippen LogP contribution in [-0.2, 0) is 10.8 Å². The zero-order chi connectivity index (χ0) is 15.6. The minimum atomic E-state index is -0.850. The van der Waals surface area contributed by atoms with E-state index in [9.17, 15) is 4.21 Å². The second kappa shape index (κ2) is 6.72. The number of benzene rings is 1. The molecule has 2 unspecified atom stereocenters. The molecule has 2 aromatic rings. The van der Waals surface area contributed by atoms with Crippen LogP contribution in [0.5, 0.6) is 0 Å². The van der Waals surface area contributed by atoms with Crippen LogP contribution in [0.25, 0.3) is 11.4 Å². The van der Waals surface area contributed by atoms with E-state index in [0.29, 0.717) is 39.3 Å².